The molecule has 0 spiro atoms. The second-order valence-electron chi connectivity index (χ2n) is 4.94. The van der Waals surface area contributed by atoms with E-state index < -0.39 is 0 Å². The zero-order valence-corrected chi connectivity index (χ0v) is 13.5. The molecule has 3 rings (SSSR count). The highest BCUT2D eigenvalue weighted by molar-refractivity contribution is 9.10. The molecule has 0 aliphatic rings. The molecule has 110 valence electrons. The molecule has 0 unspecified atom stereocenters. The van der Waals surface area contributed by atoms with Crippen LogP contribution < -0.4 is 0 Å². The second kappa shape index (κ2) is 6.19. The fourth-order valence-electron chi connectivity index (χ4n) is 1.98. The number of nitrogens with zero attached hydrogens (tertiary/aromatic N) is 4. The Morgan fingerprint density at radius 3 is 2.45 bits per heavy atom. The molecule has 0 aliphatic heterocycles. The van der Waals surface area contributed by atoms with Crippen molar-refractivity contribution in [3.63, 3.8) is 0 Å². The van der Waals surface area contributed by atoms with E-state index in [0.717, 1.165) is 10.0 Å². The van der Waals surface area contributed by atoms with Gasteiger partial charge in [-0.25, -0.2) is 0 Å². The van der Waals surface area contributed by atoms with Crippen LogP contribution in [-0.2, 0) is 6.54 Å². The number of carbonyl (C=O) groups excluding carboxylic acids is 1. The van der Waals surface area contributed by atoms with Crippen molar-refractivity contribution < 1.29 is 4.79 Å². The van der Waals surface area contributed by atoms with Gasteiger partial charge in [0.1, 0.15) is 6.54 Å². The van der Waals surface area contributed by atoms with Gasteiger partial charge in [-0.3, -0.25) is 4.79 Å². The van der Waals surface area contributed by atoms with Gasteiger partial charge < -0.3 is 0 Å². The highest BCUT2D eigenvalue weighted by atomic mass is 79.9. The molecule has 0 saturated carbocycles. The van der Waals surface area contributed by atoms with Crippen molar-refractivity contribution in [2.75, 3.05) is 0 Å². The number of aryl methyl sites for hydroxylation is 1. The van der Waals surface area contributed by atoms with Crippen LogP contribution in [0.25, 0.3) is 11.4 Å². The van der Waals surface area contributed by atoms with Gasteiger partial charge in [0.15, 0.2) is 5.78 Å². The van der Waals surface area contributed by atoms with Gasteiger partial charge in [0.25, 0.3) is 0 Å². The number of hydrogen-bond donors (Lipinski definition) is 0. The minimum Gasteiger partial charge on any atom is -0.292 e. The van der Waals surface area contributed by atoms with Crippen LogP contribution in [0, 0.1) is 6.92 Å². The molecular weight excluding hydrogens is 344 g/mol. The average Bonchev–Trinajstić information content (AvgIpc) is 2.97. The highest BCUT2D eigenvalue weighted by Crippen LogP contribution is 2.14. The van der Waals surface area contributed by atoms with E-state index in [2.05, 4.69) is 31.3 Å². The van der Waals surface area contributed by atoms with E-state index in [0.29, 0.717) is 11.4 Å². The molecule has 0 radical (unpaired) electrons. The normalized spacial score (nSPS) is 10.6. The first-order chi connectivity index (χ1) is 10.6. The van der Waals surface area contributed by atoms with Crippen molar-refractivity contribution in [3.8, 4) is 11.4 Å². The Kier molecular flexibility index (Phi) is 4.11. The van der Waals surface area contributed by atoms with E-state index in [1.807, 2.05) is 43.3 Å². The second-order valence-corrected chi connectivity index (χ2v) is 5.86. The van der Waals surface area contributed by atoms with Gasteiger partial charge in [0.2, 0.25) is 5.82 Å². The van der Waals surface area contributed by atoms with Crippen LogP contribution in [0.1, 0.15) is 15.9 Å². The Morgan fingerprint density at radius 2 is 1.77 bits per heavy atom. The van der Waals surface area contributed by atoms with Crippen LogP contribution in [0.4, 0.5) is 0 Å². The predicted molar refractivity (Wildman–Crippen MR) is 86.5 cm³/mol. The van der Waals surface area contributed by atoms with E-state index >= 15 is 0 Å². The molecule has 22 heavy (non-hydrogen) atoms. The fraction of sp³-hybridized carbons (Fsp3) is 0.125. The first-order valence-corrected chi connectivity index (χ1v) is 7.55. The summed E-state index contributed by atoms with van der Waals surface area (Å²) in [5.74, 6) is 0.462. The number of aromatic nitrogens is 4. The predicted octanol–water partition coefficient (Wildman–Crippen LogP) is 3.29. The lowest BCUT2D eigenvalue weighted by Gasteiger charge is -2.00. The Hall–Kier alpha value is -2.34. The Morgan fingerprint density at radius 1 is 1.09 bits per heavy atom. The van der Waals surface area contributed by atoms with E-state index in [9.17, 15) is 4.79 Å². The first-order valence-electron chi connectivity index (χ1n) is 6.75. The molecule has 1 heterocycles. The minimum absolute atomic E-state index is 0.0552. The van der Waals surface area contributed by atoms with Gasteiger partial charge in [0.05, 0.1) is 0 Å². The maximum Gasteiger partial charge on any atom is 0.204 e. The molecule has 0 amide bonds. The van der Waals surface area contributed by atoms with E-state index in [-0.39, 0.29) is 12.3 Å². The van der Waals surface area contributed by atoms with Crippen LogP contribution in [0.5, 0.6) is 0 Å². The van der Waals surface area contributed by atoms with Gasteiger partial charge >= 0.3 is 0 Å². The van der Waals surface area contributed by atoms with E-state index in [1.54, 1.807) is 12.1 Å². The van der Waals surface area contributed by atoms with Crippen LogP contribution in [0.3, 0.4) is 0 Å². The van der Waals surface area contributed by atoms with Crippen LogP contribution in [0.2, 0.25) is 0 Å². The van der Waals surface area contributed by atoms with Gasteiger partial charge in [-0.1, -0.05) is 57.9 Å². The van der Waals surface area contributed by atoms with Gasteiger partial charge in [-0.05, 0) is 24.3 Å². The molecule has 2 aromatic carbocycles. The third kappa shape index (κ3) is 3.28. The Bertz CT molecular complexity index is 794. The maximum absolute atomic E-state index is 12.2. The number of benzene rings is 2. The summed E-state index contributed by atoms with van der Waals surface area (Å²) in [6.45, 7) is 2.09. The van der Waals surface area contributed by atoms with Gasteiger partial charge in [-0.2, -0.15) is 4.80 Å². The summed E-state index contributed by atoms with van der Waals surface area (Å²) in [5, 5.41) is 12.2. The quantitative estimate of drug-likeness (QED) is 0.673. The number of ketones is 1. The van der Waals surface area contributed by atoms with Crippen LogP contribution in [-0.4, -0.2) is 26.0 Å². The summed E-state index contributed by atoms with van der Waals surface area (Å²) in [6, 6.07) is 15.1. The van der Waals surface area contributed by atoms with Crippen molar-refractivity contribution in [2.24, 2.45) is 0 Å². The number of halogens is 1. The number of rotatable bonds is 4. The summed E-state index contributed by atoms with van der Waals surface area (Å²) in [4.78, 5) is 13.5. The monoisotopic (exact) mass is 356 g/mol. The SMILES string of the molecule is Cc1ccc(-c2nnn(CC(=O)c3ccc(Br)cc3)n2)cc1. The standard InChI is InChI=1S/C16H13BrN4O/c1-11-2-4-13(5-3-11)16-18-20-21(19-16)10-15(22)12-6-8-14(17)9-7-12/h2-9H,10H2,1H3. The molecule has 0 saturated heterocycles. The van der Waals surface area contributed by atoms with Crippen molar-refractivity contribution in [1.29, 1.82) is 0 Å². The Balaban J connectivity index is 1.75. The van der Waals surface area contributed by atoms with E-state index in [1.165, 1.54) is 10.4 Å². The molecule has 0 N–H and O–H groups in total. The molecule has 3 aromatic rings. The molecular formula is C16H13BrN4O. The van der Waals surface area contributed by atoms with Gasteiger partial charge in [0, 0.05) is 15.6 Å². The molecule has 0 aliphatic carbocycles. The fourth-order valence-corrected chi connectivity index (χ4v) is 2.25. The molecule has 0 fully saturated rings. The van der Waals surface area contributed by atoms with Crippen molar-refractivity contribution >= 4 is 21.7 Å². The zero-order valence-electron chi connectivity index (χ0n) is 11.9. The number of Topliss-reactive ketones (excluding diaryl/α,β-unsaturated/α-hetero) is 1. The summed E-state index contributed by atoms with van der Waals surface area (Å²) in [5.41, 5.74) is 2.67. The molecule has 5 nitrogen and oxygen atoms in total. The van der Waals surface area contributed by atoms with Gasteiger partial charge in [-0.15, -0.1) is 10.2 Å². The summed E-state index contributed by atoms with van der Waals surface area (Å²) >= 11 is 3.34. The summed E-state index contributed by atoms with van der Waals surface area (Å²) in [7, 11) is 0. The average molecular weight is 357 g/mol. The number of hydrogen-bond acceptors (Lipinski definition) is 4. The molecule has 0 atom stereocenters. The van der Waals surface area contributed by atoms with Crippen LogP contribution >= 0.6 is 15.9 Å². The third-order valence-electron chi connectivity index (χ3n) is 3.21. The van der Waals surface area contributed by atoms with Crippen molar-refractivity contribution in [1.82, 2.24) is 20.2 Å². The molecule has 1 aromatic heterocycles. The summed E-state index contributed by atoms with van der Waals surface area (Å²) < 4.78 is 0.935. The third-order valence-corrected chi connectivity index (χ3v) is 3.74. The highest BCUT2D eigenvalue weighted by Gasteiger charge is 2.11. The zero-order chi connectivity index (χ0) is 15.5. The molecule has 0 bridgehead atoms. The lowest BCUT2D eigenvalue weighted by molar-refractivity contribution is 0.0961. The minimum atomic E-state index is -0.0552. The van der Waals surface area contributed by atoms with E-state index in [4.69, 9.17) is 0 Å². The topological polar surface area (TPSA) is 60.7 Å². The maximum atomic E-state index is 12.2. The van der Waals surface area contributed by atoms with Crippen LogP contribution in [0.15, 0.2) is 53.0 Å². The summed E-state index contributed by atoms with van der Waals surface area (Å²) in [6.07, 6.45) is 0. The smallest absolute Gasteiger partial charge is 0.204 e. The largest absolute Gasteiger partial charge is 0.292 e. The molecule has 6 heteroatoms. The number of tetrazole rings is 1. The number of carbonyl (C=O) groups is 1. The lowest BCUT2D eigenvalue weighted by Crippen LogP contribution is -2.13. The Labute approximate surface area is 136 Å². The lowest BCUT2D eigenvalue weighted by atomic mass is 10.1. The first kappa shape index (κ1) is 14.6. The van der Waals surface area contributed by atoms with Crippen molar-refractivity contribution in [2.45, 2.75) is 13.5 Å². The van der Waals surface area contributed by atoms with Crippen molar-refractivity contribution in [3.05, 3.63) is 64.1 Å².